The van der Waals surface area contributed by atoms with Gasteiger partial charge in [-0.1, -0.05) is 50.1 Å². The summed E-state index contributed by atoms with van der Waals surface area (Å²) in [6.45, 7) is 6.79. The van der Waals surface area contributed by atoms with Crippen LogP contribution in [-0.2, 0) is 11.3 Å². The Morgan fingerprint density at radius 3 is 2.73 bits per heavy atom. The van der Waals surface area contributed by atoms with Crippen LogP contribution in [0.1, 0.15) is 52.5 Å². The molecule has 0 bridgehead atoms. The fourth-order valence-corrected chi connectivity index (χ4v) is 4.11. The van der Waals surface area contributed by atoms with Gasteiger partial charge in [0.15, 0.2) is 5.16 Å². The third kappa shape index (κ3) is 5.30. The van der Waals surface area contributed by atoms with Crippen LogP contribution in [0.5, 0.6) is 0 Å². The maximum absolute atomic E-state index is 13.0. The SMILES string of the molecule is CCCCCCn1c(SCC(=O)Nc2ccnn2C(C)C)nc2ccccc2c1=O. The Labute approximate surface area is 180 Å². The molecule has 0 atom stereocenters. The van der Waals surface area contributed by atoms with Gasteiger partial charge < -0.3 is 5.32 Å². The standard InChI is InChI=1S/C22H29N5O2S/c1-4-5-6-9-14-26-21(29)17-10-7-8-11-18(17)24-22(26)30-15-20(28)25-19-12-13-23-27(19)16(2)3/h7-8,10-13,16H,4-6,9,14-15H2,1-3H3,(H,25,28). The third-order valence-electron chi connectivity index (χ3n) is 4.82. The van der Waals surface area contributed by atoms with E-state index >= 15 is 0 Å². The first-order valence-electron chi connectivity index (χ1n) is 10.5. The molecule has 0 aliphatic carbocycles. The molecule has 2 aromatic heterocycles. The summed E-state index contributed by atoms with van der Waals surface area (Å²) in [6, 6.07) is 9.30. The lowest BCUT2D eigenvalue weighted by Gasteiger charge is -2.14. The van der Waals surface area contributed by atoms with Gasteiger partial charge in [0.25, 0.3) is 5.56 Å². The summed E-state index contributed by atoms with van der Waals surface area (Å²) in [4.78, 5) is 30.2. The van der Waals surface area contributed by atoms with Gasteiger partial charge in [0.2, 0.25) is 5.91 Å². The minimum atomic E-state index is -0.151. The molecule has 2 heterocycles. The number of anilines is 1. The number of carbonyl (C=O) groups is 1. The summed E-state index contributed by atoms with van der Waals surface area (Å²) in [6.07, 6.45) is 5.94. The predicted molar refractivity (Wildman–Crippen MR) is 122 cm³/mol. The van der Waals surface area contributed by atoms with Crippen LogP contribution in [0.2, 0.25) is 0 Å². The zero-order chi connectivity index (χ0) is 21.5. The molecular weight excluding hydrogens is 398 g/mol. The van der Waals surface area contributed by atoms with Crippen LogP contribution in [-0.4, -0.2) is 31.0 Å². The molecule has 160 valence electrons. The van der Waals surface area contributed by atoms with E-state index in [1.807, 2.05) is 32.0 Å². The number of aromatic nitrogens is 4. The van der Waals surface area contributed by atoms with Crippen LogP contribution < -0.4 is 10.9 Å². The maximum atomic E-state index is 13.0. The Hall–Kier alpha value is -2.61. The molecule has 1 aromatic carbocycles. The molecule has 1 amide bonds. The predicted octanol–water partition coefficient (Wildman–Crippen LogP) is 4.49. The first-order valence-corrected chi connectivity index (χ1v) is 11.5. The van der Waals surface area contributed by atoms with Gasteiger partial charge in [-0.3, -0.25) is 14.2 Å². The van der Waals surface area contributed by atoms with Crippen molar-refractivity contribution in [2.24, 2.45) is 0 Å². The van der Waals surface area contributed by atoms with Gasteiger partial charge in [-0.15, -0.1) is 0 Å². The summed E-state index contributed by atoms with van der Waals surface area (Å²) in [7, 11) is 0. The number of amides is 1. The van der Waals surface area contributed by atoms with Crippen molar-refractivity contribution in [1.29, 1.82) is 0 Å². The van der Waals surface area contributed by atoms with E-state index in [-0.39, 0.29) is 23.3 Å². The average molecular weight is 428 g/mol. The molecule has 0 saturated carbocycles. The fraction of sp³-hybridized carbons (Fsp3) is 0.455. The van der Waals surface area contributed by atoms with Gasteiger partial charge in [-0.2, -0.15) is 5.10 Å². The minimum absolute atomic E-state index is 0.0436. The first kappa shape index (κ1) is 22.1. The number of hydrogen-bond donors (Lipinski definition) is 1. The van der Waals surface area contributed by atoms with Crippen molar-refractivity contribution < 1.29 is 4.79 Å². The van der Waals surface area contributed by atoms with Crippen molar-refractivity contribution in [3.05, 3.63) is 46.9 Å². The normalized spacial score (nSPS) is 11.3. The molecule has 0 aliphatic heterocycles. The lowest BCUT2D eigenvalue weighted by molar-refractivity contribution is -0.113. The number of fused-ring (bicyclic) bond motifs is 1. The van der Waals surface area contributed by atoms with E-state index < -0.39 is 0 Å². The number of benzene rings is 1. The maximum Gasteiger partial charge on any atom is 0.262 e. The number of carbonyl (C=O) groups excluding carboxylic acids is 1. The molecule has 0 aliphatic rings. The van der Waals surface area contributed by atoms with E-state index in [2.05, 4.69) is 22.3 Å². The lowest BCUT2D eigenvalue weighted by Crippen LogP contribution is -2.24. The number of hydrogen-bond acceptors (Lipinski definition) is 5. The fourth-order valence-electron chi connectivity index (χ4n) is 3.29. The molecule has 3 rings (SSSR count). The molecule has 0 saturated heterocycles. The summed E-state index contributed by atoms with van der Waals surface area (Å²) in [5.74, 6) is 0.685. The number of thioether (sulfide) groups is 1. The summed E-state index contributed by atoms with van der Waals surface area (Å²) in [5.41, 5.74) is 0.617. The molecule has 0 unspecified atom stereocenters. The highest BCUT2D eigenvalue weighted by Gasteiger charge is 2.14. The zero-order valence-corrected chi connectivity index (χ0v) is 18.6. The van der Waals surface area contributed by atoms with E-state index in [1.165, 1.54) is 11.8 Å². The highest BCUT2D eigenvalue weighted by molar-refractivity contribution is 7.99. The highest BCUT2D eigenvalue weighted by Crippen LogP contribution is 2.20. The second-order valence-electron chi connectivity index (χ2n) is 7.52. The van der Waals surface area contributed by atoms with Crippen molar-refractivity contribution in [2.75, 3.05) is 11.1 Å². The summed E-state index contributed by atoms with van der Waals surface area (Å²) < 4.78 is 3.48. The Balaban J connectivity index is 1.77. The van der Waals surface area contributed by atoms with Crippen molar-refractivity contribution in [1.82, 2.24) is 19.3 Å². The van der Waals surface area contributed by atoms with Crippen molar-refractivity contribution >= 4 is 34.4 Å². The molecule has 0 radical (unpaired) electrons. The number of nitrogens with one attached hydrogen (secondary N) is 1. The van der Waals surface area contributed by atoms with Gasteiger partial charge >= 0.3 is 0 Å². The molecule has 3 aromatic rings. The Morgan fingerprint density at radius 1 is 1.17 bits per heavy atom. The number of nitrogens with zero attached hydrogens (tertiary/aromatic N) is 4. The Kier molecular flexibility index (Phi) is 7.68. The van der Waals surface area contributed by atoms with Gasteiger partial charge in [0, 0.05) is 18.7 Å². The van der Waals surface area contributed by atoms with Crippen LogP contribution in [0, 0.1) is 0 Å². The van der Waals surface area contributed by atoms with E-state index in [0.29, 0.717) is 28.4 Å². The summed E-state index contributed by atoms with van der Waals surface area (Å²) in [5, 5.41) is 8.33. The first-order chi connectivity index (χ1) is 14.5. The van der Waals surface area contributed by atoms with Crippen molar-refractivity contribution in [2.45, 2.75) is 64.2 Å². The van der Waals surface area contributed by atoms with E-state index in [9.17, 15) is 9.59 Å². The molecular formula is C22H29N5O2S. The third-order valence-corrected chi connectivity index (χ3v) is 5.80. The molecule has 8 heteroatoms. The van der Waals surface area contributed by atoms with Crippen molar-refractivity contribution in [3.63, 3.8) is 0 Å². The quantitative estimate of drug-likeness (QED) is 0.293. The average Bonchev–Trinajstić information content (AvgIpc) is 3.19. The molecule has 1 N–H and O–H groups in total. The lowest BCUT2D eigenvalue weighted by atomic mass is 10.2. The Morgan fingerprint density at radius 2 is 1.97 bits per heavy atom. The van der Waals surface area contributed by atoms with Crippen LogP contribution >= 0.6 is 11.8 Å². The van der Waals surface area contributed by atoms with Crippen LogP contribution in [0.25, 0.3) is 10.9 Å². The highest BCUT2D eigenvalue weighted by atomic mass is 32.2. The van der Waals surface area contributed by atoms with Crippen LogP contribution in [0.15, 0.2) is 46.5 Å². The smallest absolute Gasteiger partial charge is 0.262 e. The monoisotopic (exact) mass is 427 g/mol. The van der Waals surface area contributed by atoms with E-state index in [1.54, 1.807) is 27.6 Å². The Bertz CT molecular complexity index is 1060. The van der Waals surface area contributed by atoms with Gasteiger partial charge in [0.1, 0.15) is 5.82 Å². The number of para-hydroxylation sites is 1. The van der Waals surface area contributed by atoms with Gasteiger partial charge in [-0.25, -0.2) is 9.67 Å². The number of unbranched alkanes of at least 4 members (excludes halogenated alkanes) is 3. The summed E-state index contributed by atoms with van der Waals surface area (Å²) >= 11 is 1.29. The van der Waals surface area contributed by atoms with E-state index in [4.69, 9.17) is 0 Å². The van der Waals surface area contributed by atoms with E-state index in [0.717, 1.165) is 25.7 Å². The second kappa shape index (κ2) is 10.4. The van der Waals surface area contributed by atoms with Gasteiger partial charge in [0.05, 0.1) is 22.9 Å². The topological polar surface area (TPSA) is 81.8 Å². The molecule has 30 heavy (non-hydrogen) atoms. The van der Waals surface area contributed by atoms with Crippen LogP contribution in [0.3, 0.4) is 0 Å². The second-order valence-corrected chi connectivity index (χ2v) is 8.46. The largest absolute Gasteiger partial charge is 0.310 e. The number of rotatable bonds is 10. The molecule has 0 fully saturated rings. The molecule has 7 nitrogen and oxygen atoms in total. The molecule has 0 spiro atoms. The zero-order valence-electron chi connectivity index (χ0n) is 17.8. The van der Waals surface area contributed by atoms with Crippen molar-refractivity contribution in [3.8, 4) is 0 Å². The van der Waals surface area contributed by atoms with Crippen LogP contribution in [0.4, 0.5) is 5.82 Å². The minimum Gasteiger partial charge on any atom is -0.310 e. The van der Waals surface area contributed by atoms with Gasteiger partial charge in [-0.05, 0) is 32.4 Å².